The van der Waals surface area contributed by atoms with Crippen LogP contribution < -0.4 is 15.5 Å². The summed E-state index contributed by atoms with van der Waals surface area (Å²) in [5, 5.41) is 14.8. The summed E-state index contributed by atoms with van der Waals surface area (Å²) in [5.41, 5.74) is 3.82. The zero-order valence-electron chi connectivity index (χ0n) is 22.5. The van der Waals surface area contributed by atoms with Crippen molar-refractivity contribution in [3.8, 4) is 0 Å². The van der Waals surface area contributed by atoms with Crippen molar-refractivity contribution in [2.24, 2.45) is 4.99 Å². The van der Waals surface area contributed by atoms with Gasteiger partial charge in [-0.2, -0.15) is 5.10 Å². The molecule has 0 radical (unpaired) electrons. The van der Waals surface area contributed by atoms with Gasteiger partial charge in [-0.15, -0.1) is 0 Å². The molecule has 202 valence electrons. The average molecular weight is 527 g/mol. The minimum atomic E-state index is -0.367. The lowest BCUT2D eigenvalue weighted by Gasteiger charge is -2.49. The standard InChI is InChI=1S/C29H34N8O2/c1-18-27(38)37(23-11-7-8-19(15-23)28(39)35(2)3)25-17-30-29(32-21-12-13-24-20(14-21)16-31-34-24)33-26(25)36(18)22-9-5-4-6-10-22/h7-8,11-18,22,26H,4-6,9-10H2,1-3H3,(H,31,34)(H2,30,32,33)/t18-,26?/m1/s1. The minimum Gasteiger partial charge on any atom is -0.345 e. The summed E-state index contributed by atoms with van der Waals surface area (Å²) in [7, 11) is 3.45. The highest BCUT2D eigenvalue weighted by atomic mass is 16.2. The summed E-state index contributed by atoms with van der Waals surface area (Å²) in [6, 6.07) is 13.2. The lowest BCUT2D eigenvalue weighted by molar-refractivity contribution is -0.127. The van der Waals surface area contributed by atoms with Crippen LogP contribution >= 0.6 is 0 Å². The van der Waals surface area contributed by atoms with Crippen molar-refractivity contribution in [2.45, 2.75) is 57.3 Å². The van der Waals surface area contributed by atoms with Gasteiger partial charge in [-0.1, -0.05) is 25.3 Å². The minimum absolute atomic E-state index is 0.0173. The van der Waals surface area contributed by atoms with Gasteiger partial charge in [0.15, 0.2) is 0 Å². The fourth-order valence-corrected chi connectivity index (χ4v) is 5.93. The second-order valence-corrected chi connectivity index (χ2v) is 10.7. The van der Waals surface area contributed by atoms with Crippen LogP contribution in [0.4, 0.5) is 11.4 Å². The van der Waals surface area contributed by atoms with Gasteiger partial charge in [-0.3, -0.25) is 24.5 Å². The summed E-state index contributed by atoms with van der Waals surface area (Å²) in [6.07, 6.45) is 8.96. The third-order valence-electron chi connectivity index (χ3n) is 7.90. The van der Waals surface area contributed by atoms with Gasteiger partial charge in [0.2, 0.25) is 11.9 Å². The number of nitrogens with one attached hydrogen (secondary N) is 3. The molecular formula is C29H34N8O2. The SMILES string of the molecule is C[C@@H]1C(=O)N(c2cccc(C(=O)N(C)C)c2)C2=CNC(Nc3ccc4[nH]ncc4c3)=NC2N1C1CCCCC1. The van der Waals surface area contributed by atoms with Crippen molar-refractivity contribution >= 4 is 40.1 Å². The lowest BCUT2D eigenvalue weighted by atomic mass is 9.91. The van der Waals surface area contributed by atoms with Crippen molar-refractivity contribution < 1.29 is 9.59 Å². The number of amides is 2. The summed E-state index contributed by atoms with van der Waals surface area (Å²) in [4.78, 5) is 37.4. The van der Waals surface area contributed by atoms with E-state index in [4.69, 9.17) is 4.99 Å². The molecule has 1 aliphatic carbocycles. The molecular weight excluding hydrogens is 492 g/mol. The number of hydrogen-bond acceptors (Lipinski definition) is 7. The Kier molecular flexibility index (Phi) is 6.56. The highest BCUT2D eigenvalue weighted by Crippen LogP contribution is 2.37. The number of aromatic amines is 1. The third-order valence-corrected chi connectivity index (χ3v) is 7.90. The first-order valence-electron chi connectivity index (χ1n) is 13.6. The molecule has 10 heteroatoms. The van der Waals surface area contributed by atoms with Crippen molar-refractivity contribution in [1.29, 1.82) is 0 Å². The van der Waals surface area contributed by atoms with E-state index >= 15 is 0 Å². The van der Waals surface area contributed by atoms with Gasteiger partial charge in [0.25, 0.3) is 5.91 Å². The predicted molar refractivity (Wildman–Crippen MR) is 152 cm³/mol. The number of aromatic nitrogens is 2. The fourth-order valence-electron chi connectivity index (χ4n) is 5.93. The summed E-state index contributed by atoms with van der Waals surface area (Å²) < 4.78 is 0. The first kappa shape index (κ1) is 25.1. The Morgan fingerprint density at radius 1 is 1.10 bits per heavy atom. The third kappa shape index (κ3) is 4.65. The number of H-pyrrole nitrogens is 1. The first-order valence-corrected chi connectivity index (χ1v) is 13.6. The van der Waals surface area contributed by atoms with Gasteiger partial charge < -0.3 is 15.5 Å². The summed E-state index contributed by atoms with van der Waals surface area (Å²) in [6.45, 7) is 1.98. The molecule has 2 atom stereocenters. The van der Waals surface area contributed by atoms with Gasteiger partial charge >= 0.3 is 0 Å². The van der Waals surface area contributed by atoms with Crippen LogP contribution in [-0.4, -0.2) is 70.1 Å². The monoisotopic (exact) mass is 526 g/mol. The normalized spacial score (nSPS) is 22.1. The Morgan fingerprint density at radius 3 is 2.72 bits per heavy atom. The summed E-state index contributed by atoms with van der Waals surface area (Å²) >= 11 is 0. The molecule has 0 spiro atoms. The first-order chi connectivity index (χ1) is 18.9. The molecule has 3 N–H and O–H groups in total. The Labute approximate surface area is 227 Å². The Bertz CT molecular complexity index is 1470. The number of carbonyl (C=O) groups is 2. The van der Waals surface area contributed by atoms with Gasteiger partial charge in [0.1, 0.15) is 6.17 Å². The molecule has 2 fully saturated rings. The van der Waals surface area contributed by atoms with Crippen LogP contribution in [0.2, 0.25) is 0 Å². The molecule has 3 aromatic rings. The Balaban J connectivity index is 1.37. The van der Waals surface area contributed by atoms with Crippen LogP contribution in [0.25, 0.3) is 10.9 Å². The highest BCUT2D eigenvalue weighted by Gasteiger charge is 2.46. The predicted octanol–water partition coefficient (Wildman–Crippen LogP) is 3.87. The van der Waals surface area contributed by atoms with Crippen LogP contribution in [0.1, 0.15) is 49.4 Å². The number of piperazine rings is 1. The molecule has 10 nitrogen and oxygen atoms in total. The average Bonchev–Trinajstić information content (AvgIpc) is 3.42. The van der Waals surface area contributed by atoms with E-state index in [1.807, 2.05) is 43.5 Å². The molecule has 39 heavy (non-hydrogen) atoms. The molecule has 1 unspecified atom stereocenters. The molecule has 3 heterocycles. The number of nitrogens with zero attached hydrogens (tertiary/aromatic N) is 5. The molecule has 1 saturated heterocycles. The highest BCUT2D eigenvalue weighted by molar-refractivity contribution is 6.04. The Hall–Kier alpha value is -4.18. The maximum Gasteiger partial charge on any atom is 0.253 e. The molecule has 1 saturated carbocycles. The van der Waals surface area contributed by atoms with Crippen LogP contribution in [0.3, 0.4) is 0 Å². The number of hydrogen-bond donors (Lipinski definition) is 3. The topological polar surface area (TPSA) is 109 Å². The van der Waals surface area contributed by atoms with Gasteiger partial charge in [-0.25, -0.2) is 4.99 Å². The number of anilines is 2. The second-order valence-electron chi connectivity index (χ2n) is 10.7. The van der Waals surface area contributed by atoms with Gasteiger partial charge in [-0.05, 0) is 56.2 Å². The molecule has 2 amide bonds. The van der Waals surface area contributed by atoms with E-state index in [1.165, 1.54) is 11.3 Å². The number of guanidine groups is 1. The fraction of sp³-hybridized carbons (Fsp3) is 0.379. The van der Waals surface area contributed by atoms with E-state index in [0.29, 0.717) is 17.2 Å². The van der Waals surface area contributed by atoms with E-state index < -0.39 is 0 Å². The van der Waals surface area contributed by atoms with Crippen molar-refractivity contribution in [3.63, 3.8) is 0 Å². The van der Waals surface area contributed by atoms with Gasteiger partial charge in [0, 0.05) is 48.7 Å². The van der Waals surface area contributed by atoms with Crippen LogP contribution in [0.5, 0.6) is 0 Å². The largest absolute Gasteiger partial charge is 0.345 e. The van der Waals surface area contributed by atoms with E-state index in [2.05, 4.69) is 25.7 Å². The zero-order valence-corrected chi connectivity index (χ0v) is 22.5. The molecule has 2 aromatic carbocycles. The molecule has 1 aromatic heterocycles. The number of benzene rings is 2. The van der Waals surface area contributed by atoms with E-state index in [9.17, 15) is 9.59 Å². The smallest absolute Gasteiger partial charge is 0.253 e. The van der Waals surface area contributed by atoms with Crippen molar-refractivity contribution in [3.05, 3.63) is 66.1 Å². The lowest BCUT2D eigenvalue weighted by Crippen LogP contribution is -2.64. The molecule has 6 rings (SSSR count). The maximum absolute atomic E-state index is 14.0. The van der Waals surface area contributed by atoms with E-state index in [0.717, 1.165) is 48.0 Å². The maximum atomic E-state index is 14.0. The van der Waals surface area contributed by atoms with Crippen LogP contribution in [0, 0.1) is 0 Å². The number of rotatable bonds is 4. The van der Waals surface area contributed by atoms with Crippen LogP contribution in [-0.2, 0) is 4.79 Å². The molecule has 0 bridgehead atoms. The number of aliphatic imine (C=N–C) groups is 1. The van der Waals surface area contributed by atoms with Crippen molar-refractivity contribution in [1.82, 2.24) is 25.3 Å². The quantitative estimate of drug-likeness (QED) is 0.476. The molecule has 3 aliphatic rings. The number of carbonyl (C=O) groups excluding carboxylic acids is 2. The summed E-state index contributed by atoms with van der Waals surface area (Å²) in [5.74, 6) is 0.492. The molecule has 2 aliphatic heterocycles. The van der Waals surface area contributed by atoms with Crippen molar-refractivity contribution in [2.75, 3.05) is 24.3 Å². The second kappa shape index (κ2) is 10.2. The van der Waals surface area contributed by atoms with E-state index in [-0.39, 0.29) is 30.1 Å². The Morgan fingerprint density at radius 2 is 1.92 bits per heavy atom. The van der Waals surface area contributed by atoms with Gasteiger partial charge in [0.05, 0.1) is 23.5 Å². The van der Waals surface area contributed by atoms with Crippen LogP contribution in [0.15, 0.2) is 65.6 Å². The number of fused-ring (bicyclic) bond motifs is 2. The zero-order chi connectivity index (χ0) is 27.1. The van der Waals surface area contributed by atoms with E-state index in [1.54, 1.807) is 37.3 Å².